The fourth-order valence-corrected chi connectivity index (χ4v) is 2.74. The summed E-state index contributed by atoms with van der Waals surface area (Å²) >= 11 is 1.81. The molecule has 1 aliphatic heterocycles. The number of rotatable bonds is 2. The predicted molar refractivity (Wildman–Crippen MR) is 61.6 cm³/mol. The number of hydrogen-bond donors (Lipinski definition) is 1. The molecule has 0 saturated heterocycles. The van der Waals surface area contributed by atoms with Crippen LogP contribution >= 0.6 is 11.8 Å². The normalized spacial score (nSPS) is 15.6. The van der Waals surface area contributed by atoms with Crippen molar-refractivity contribution >= 4 is 23.4 Å². The number of carbonyl (C=O) groups is 1. The summed E-state index contributed by atoms with van der Waals surface area (Å²) in [6.07, 6.45) is 1.03. The van der Waals surface area contributed by atoms with Gasteiger partial charge in [0, 0.05) is 11.4 Å². The van der Waals surface area contributed by atoms with E-state index in [1.165, 1.54) is 4.90 Å². The van der Waals surface area contributed by atoms with Gasteiger partial charge < -0.3 is 10.0 Å². The summed E-state index contributed by atoms with van der Waals surface area (Å²) in [7, 11) is 0. The molecule has 0 aliphatic carbocycles. The van der Waals surface area contributed by atoms with Crippen molar-refractivity contribution in [3.05, 3.63) is 24.3 Å². The Balaban J connectivity index is 2.28. The minimum Gasteiger partial charge on any atom is -0.480 e. The lowest BCUT2D eigenvalue weighted by Crippen LogP contribution is -2.30. The first kappa shape index (κ1) is 10.4. The van der Waals surface area contributed by atoms with Gasteiger partial charge in [0.25, 0.3) is 0 Å². The number of fused-ring (bicyclic) bond motifs is 1. The van der Waals surface area contributed by atoms with Crippen molar-refractivity contribution in [1.29, 1.82) is 0 Å². The van der Waals surface area contributed by atoms with Crippen LogP contribution in [0.4, 0.5) is 5.69 Å². The molecule has 4 heteroatoms. The van der Waals surface area contributed by atoms with Crippen LogP contribution in [0.1, 0.15) is 6.42 Å². The molecule has 3 nitrogen and oxygen atoms in total. The van der Waals surface area contributed by atoms with E-state index >= 15 is 0 Å². The van der Waals surface area contributed by atoms with E-state index < -0.39 is 5.97 Å². The molecule has 1 aromatic rings. The van der Waals surface area contributed by atoms with Gasteiger partial charge in [0.05, 0.1) is 5.69 Å². The number of hydrogen-bond acceptors (Lipinski definition) is 3. The molecule has 1 aliphatic rings. The summed E-state index contributed by atoms with van der Waals surface area (Å²) in [6, 6.07) is 8.01. The van der Waals surface area contributed by atoms with Gasteiger partial charge in [-0.1, -0.05) is 12.1 Å². The van der Waals surface area contributed by atoms with Gasteiger partial charge in [-0.05, 0) is 24.3 Å². The zero-order valence-corrected chi connectivity index (χ0v) is 9.17. The van der Waals surface area contributed by atoms with Crippen LogP contribution in [0.25, 0.3) is 0 Å². The van der Waals surface area contributed by atoms with Crippen molar-refractivity contribution in [3.63, 3.8) is 0 Å². The first-order valence-corrected chi connectivity index (χ1v) is 5.94. The standard InChI is InChI=1S/C11H13NO2S/c13-11(14)8-12-6-3-7-15-10-5-2-1-4-9(10)12/h1-2,4-5H,3,6-8H2,(H,13,14). The molecule has 0 amide bonds. The third-order valence-electron chi connectivity index (χ3n) is 2.36. The Morgan fingerprint density at radius 1 is 1.47 bits per heavy atom. The van der Waals surface area contributed by atoms with E-state index in [1.807, 2.05) is 23.1 Å². The fourth-order valence-electron chi connectivity index (χ4n) is 1.73. The number of carboxylic acid groups (broad SMARTS) is 1. The van der Waals surface area contributed by atoms with Crippen molar-refractivity contribution in [2.45, 2.75) is 11.3 Å². The molecule has 0 radical (unpaired) electrons. The summed E-state index contributed by atoms with van der Waals surface area (Å²) in [5.41, 5.74) is 1.06. The summed E-state index contributed by atoms with van der Waals surface area (Å²) < 4.78 is 0. The molecule has 80 valence electrons. The number of anilines is 1. The number of thioether (sulfide) groups is 1. The van der Waals surface area contributed by atoms with E-state index in [0.29, 0.717) is 0 Å². The van der Waals surface area contributed by atoms with Crippen LogP contribution in [0.5, 0.6) is 0 Å². The zero-order chi connectivity index (χ0) is 10.7. The van der Waals surface area contributed by atoms with E-state index in [0.717, 1.165) is 24.4 Å². The quantitative estimate of drug-likeness (QED) is 0.833. The van der Waals surface area contributed by atoms with Crippen LogP contribution in [-0.2, 0) is 4.79 Å². The Labute approximate surface area is 93.1 Å². The van der Waals surface area contributed by atoms with Gasteiger partial charge in [-0.2, -0.15) is 0 Å². The number of para-hydroxylation sites is 1. The van der Waals surface area contributed by atoms with E-state index in [4.69, 9.17) is 5.11 Å². The van der Waals surface area contributed by atoms with Crippen LogP contribution in [0.15, 0.2) is 29.2 Å². The maximum absolute atomic E-state index is 10.7. The molecule has 0 fully saturated rings. The second kappa shape index (κ2) is 4.57. The molecule has 1 aromatic carbocycles. The Hall–Kier alpha value is -1.16. The summed E-state index contributed by atoms with van der Waals surface area (Å²) in [5.74, 6) is 0.296. The topological polar surface area (TPSA) is 40.5 Å². The second-order valence-corrected chi connectivity index (χ2v) is 4.62. The molecular weight excluding hydrogens is 210 g/mol. The maximum Gasteiger partial charge on any atom is 0.323 e. The SMILES string of the molecule is O=C(O)CN1CCCSc2ccccc21. The predicted octanol–water partition coefficient (Wildman–Crippen LogP) is 2.07. The average molecular weight is 223 g/mol. The Morgan fingerprint density at radius 3 is 3.07 bits per heavy atom. The molecule has 1 heterocycles. The number of nitrogens with zero attached hydrogens (tertiary/aromatic N) is 1. The lowest BCUT2D eigenvalue weighted by atomic mass is 10.2. The van der Waals surface area contributed by atoms with Crippen LogP contribution in [0.3, 0.4) is 0 Å². The zero-order valence-electron chi connectivity index (χ0n) is 8.35. The van der Waals surface area contributed by atoms with Gasteiger partial charge in [0.2, 0.25) is 0 Å². The van der Waals surface area contributed by atoms with E-state index in [1.54, 1.807) is 11.8 Å². The average Bonchev–Trinajstić information content (AvgIpc) is 2.41. The summed E-state index contributed by atoms with van der Waals surface area (Å²) in [5, 5.41) is 8.83. The minimum absolute atomic E-state index is 0.0948. The van der Waals surface area contributed by atoms with Gasteiger partial charge in [0.1, 0.15) is 6.54 Å². The van der Waals surface area contributed by atoms with E-state index in [-0.39, 0.29) is 6.54 Å². The number of benzene rings is 1. The van der Waals surface area contributed by atoms with E-state index in [2.05, 4.69) is 6.07 Å². The molecule has 0 saturated carbocycles. The van der Waals surface area contributed by atoms with Gasteiger partial charge in [-0.3, -0.25) is 4.79 Å². The third kappa shape index (κ3) is 2.45. The van der Waals surface area contributed by atoms with Crippen molar-refractivity contribution in [3.8, 4) is 0 Å². The molecule has 2 rings (SSSR count). The maximum atomic E-state index is 10.7. The Morgan fingerprint density at radius 2 is 2.27 bits per heavy atom. The Kier molecular flexibility index (Phi) is 3.16. The highest BCUT2D eigenvalue weighted by Gasteiger charge is 2.16. The van der Waals surface area contributed by atoms with Gasteiger partial charge in [-0.15, -0.1) is 11.8 Å². The lowest BCUT2D eigenvalue weighted by molar-refractivity contribution is -0.135. The van der Waals surface area contributed by atoms with Crippen LogP contribution in [0.2, 0.25) is 0 Å². The summed E-state index contributed by atoms with van der Waals surface area (Å²) in [6.45, 7) is 0.924. The number of aliphatic carboxylic acids is 1. The highest BCUT2D eigenvalue weighted by molar-refractivity contribution is 7.99. The Bertz CT molecular complexity index is 367. The van der Waals surface area contributed by atoms with Crippen molar-refractivity contribution in [2.24, 2.45) is 0 Å². The first-order valence-electron chi connectivity index (χ1n) is 4.96. The summed E-state index contributed by atoms with van der Waals surface area (Å²) in [4.78, 5) is 13.9. The monoisotopic (exact) mass is 223 g/mol. The minimum atomic E-state index is -0.767. The highest BCUT2D eigenvalue weighted by Crippen LogP contribution is 2.33. The van der Waals surface area contributed by atoms with Gasteiger partial charge >= 0.3 is 5.97 Å². The molecule has 1 N–H and O–H groups in total. The van der Waals surface area contributed by atoms with Crippen molar-refractivity contribution < 1.29 is 9.90 Å². The van der Waals surface area contributed by atoms with Gasteiger partial charge in [-0.25, -0.2) is 0 Å². The van der Waals surface area contributed by atoms with Crippen molar-refractivity contribution in [1.82, 2.24) is 0 Å². The molecule has 0 spiro atoms. The second-order valence-electron chi connectivity index (χ2n) is 3.49. The van der Waals surface area contributed by atoms with Crippen LogP contribution in [-0.4, -0.2) is 29.9 Å². The molecule has 0 aromatic heterocycles. The van der Waals surface area contributed by atoms with E-state index in [9.17, 15) is 4.79 Å². The molecule has 0 unspecified atom stereocenters. The van der Waals surface area contributed by atoms with Gasteiger partial charge in [0.15, 0.2) is 0 Å². The molecule has 0 atom stereocenters. The molecule has 15 heavy (non-hydrogen) atoms. The smallest absolute Gasteiger partial charge is 0.323 e. The van der Waals surface area contributed by atoms with Crippen LogP contribution < -0.4 is 4.90 Å². The third-order valence-corrected chi connectivity index (χ3v) is 3.51. The molecular formula is C11H13NO2S. The first-order chi connectivity index (χ1) is 7.27. The largest absolute Gasteiger partial charge is 0.480 e. The number of carboxylic acids is 1. The van der Waals surface area contributed by atoms with Crippen LogP contribution in [0, 0.1) is 0 Å². The molecule has 0 bridgehead atoms. The highest BCUT2D eigenvalue weighted by atomic mass is 32.2. The lowest BCUT2D eigenvalue weighted by Gasteiger charge is -2.22. The fraction of sp³-hybridized carbons (Fsp3) is 0.364. The van der Waals surface area contributed by atoms with Crippen molar-refractivity contribution in [2.75, 3.05) is 23.7 Å².